The molecule has 1 atom stereocenters. The zero-order valence-corrected chi connectivity index (χ0v) is 12.2. The minimum atomic E-state index is -0.453. The third-order valence-electron chi connectivity index (χ3n) is 3.28. The monoisotopic (exact) mass is 302 g/mol. The first-order valence-corrected chi connectivity index (χ1v) is 7.43. The average molecular weight is 302 g/mol. The zero-order chi connectivity index (χ0) is 14.8. The van der Waals surface area contributed by atoms with Gasteiger partial charge in [0, 0.05) is 18.8 Å². The van der Waals surface area contributed by atoms with Crippen LogP contribution in [0.1, 0.15) is 18.5 Å². The molecule has 21 heavy (non-hydrogen) atoms. The molecule has 0 saturated carbocycles. The van der Waals surface area contributed by atoms with Crippen LogP contribution in [0.5, 0.6) is 0 Å². The minimum Gasteiger partial charge on any atom is -0.344 e. The Hall–Kier alpha value is -2.28. The molecule has 108 valence electrons. The van der Waals surface area contributed by atoms with Crippen LogP contribution in [0.2, 0.25) is 0 Å². The molecule has 1 saturated heterocycles. The number of nitrogens with one attached hydrogen (secondary N) is 2. The van der Waals surface area contributed by atoms with Crippen LogP contribution < -0.4 is 10.6 Å². The molecule has 1 aliphatic rings. The molecule has 2 aromatic rings. The fourth-order valence-electron chi connectivity index (χ4n) is 2.22. The highest BCUT2D eigenvalue weighted by atomic mass is 32.1. The van der Waals surface area contributed by atoms with E-state index in [0.717, 1.165) is 16.1 Å². The summed E-state index contributed by atoms with van der Waals surface area (Å²) in [5.41, 5.74) is 1.88. The van der Waals surface area contributed by atoms with Crippen LogP contribution in [-0.2, 0) is 9.59 Å². The van der Waals surface area contributed by atoms with Gasteiger partial charge in [0.25, 0.3) is 0 Å². The molecule has 3 heterocycles. The zero-order valence-electron chi connectivity index (χ0n) is 11.4. The van der Waals surface area contributed by atoms with Gasteiger partial charge in [0.05, 0.1) is 10.6 Å². The molecule has 0 radical (unpaired) electrons. The van der Waals surface area contributed by atoms with E-state index in [-0.39, 0.29) is 11.8 Å². The van der Waals surface area contributed by atoms with Crippen molar-refractivity contribution in [1.29, 1.82) is 0 Å². The quantitative estimate of drug-likeness (QED) is 0.904. The SMILES string of the molecule is Cc1nc(NC(=O)[C@@H]2CCC(=O)N2)sc1-c1ccncc1. The molecule has 0 aromatic carbocycles. The van der Waals surface area contributed by atoms with Gasteiger partial charge in [-0.1, -0.05) is 11.3 Å². The number of aromatic nitrogens is 2. The number of amides is 2. The van der Waals surface area contributed by atoms with Gasteiger partial charge in [-0.25, -0.2) is 4.98 Å². The van der Waals surface area contributed by atoms with E-state index >= 15 is 0 Å². The Bertz CT molecular complexity index is 684. The molecule has 0 bridgehead atoms. The first-order valence-electron chi connectivity index (χ1n) is 6.61. The summed E-state index contributed by atoms with van der Waals surface area (Å²) in [7, 11) is 0. The van der Waals surface area contributed by atoms with E-state index in [9.17, 15) is 9.59 Å². The standard InChI is InChI=1S/C14H14N4O2S/c1-8-12(9-4-6-15-7-5-9)21-14(16-8)18-13(20)10-2-3-11(19)17-10/h4-7,10H,2-3H2,1H3,(H,17,19)(H,16,18,20)/t10-/m0/s1. The summed E-state index contributed by atoms with van der Waals surface area (Å²) < 4.78 is 0. The Morgan fingerprint density at radius 1 is 1.43 bits per heavy atom. The number of anilines is 1. The van der Waals surface area contributed by atoms with Crippen LogP contribution in [0.25, 0.3) is 10.4 Å². The van der Waals surface area contributed by atoms with Crippen molar-refractivity contribution in [2.75, 3.05) is 5.32 Å². The highest BCUT2D eigenvalue weighted by molar-refractivity contribution is 7.19. The fourth-order valence-corrected chi connectivity index (χ4v) is 3.20. The van der Waals surface area contributed by atoms with Crippen molar-refractivity contribution in [3.63, 3.8) is 0 Å². The van der Waals surface area contributed by atoms with Crippen molar-refractivity contribution < 1.29 is 9.59 Å². The van der Waals surface area contributed by atoms with Crippen molar-refractivity contribution in [2.45, 2.75) is 25.8 Å². The summed E-state index contributed by atoms with van der Waals surface area (Å²) in [6.07, 6.45) is 4.38. The summed E-state index contributed by atoms with van der Waals surface area (Å²) in [5.74, 6) is -0.293. The summed E-state index contributed by atoms with van der Waals surface area (Å²) in [6.45, 7) is 1.90. The molecular weight excluding hydrogens is 288 g/mol. The third-order valence-corrected chi connectivity index (χ3v) is 4.40. The number of hydrogen-bond acceptors (Lipinski definition) is 5. The van der Waals surface area contributed by atoms with Gasteiger partial charge in [0.2, 0.25) is 11.8 Å². The summed E-state index contributed by atoms with van der Waals surface area (Å²) >= 11 is 1.42. The van der Waals surface area contributed by atoms with Crippen LogP contribution >= 0.6 is 11.3 Å². The Labute approximate surface area is 125 Å². The second kappa shape index (κ2) is 5.61. The van der Waals surface area contributed by atoms with Gasteiger partial charge in [-0.2, -0.15) is 0 Å². The van der Waals surface area contributed by atoms with Gasteiger partial charge in [-0.3, -0.25) is 14.6 Å². The second-order valence-electron chi connectivity index (χ2n) is 4.82. The Balaban J connectivity index is 1.75. The van der Waals surface area contributed by atoms with E-state index in [2.05, 4.69) is 20.6 Å². The Morgan fingerprint density at radius 3 is 2.86 bits per heavy atom. The van der Waals surface area contributed by atoms with Crippen LogP contribution in [0.4, 0.5) is 5.13 Å². The Morgan fingerprint density at radius 2 is 2.19 bits per heavy atom. The topological polar surface area (TPSA) is 84.0 Å². The second-order valence-corrected chi connectivity index (χ2v) is 5.82. The van der Waals surface area contributed by atoms with Crippen LogP contribution in [-0.4, -0.2) is 27.8 Å². The number of pyridine rings is 1. The maximum atomic E-state index is 12.0. The number of hydrogen-bond donors (Lipinski definition) is 2. The molecule has 3 rings (SSSR count). The molecule has 0 unspecified atom stereocenters. The lowest BCUT2D eigenvalue weighted by atomic mass is 10.2. The van der Waals surface area contributed by atoms with Crippen molar-refractivity contribution in [1.82, 2.24) is 15.3 Å². The van der Waals surface area contributed by atoms with Gasteiger partial charge in [0.15, 0.2) is 5.13 Å². The number of carbonyl (C=O) groups excluding carboxylic acids is 2. The van der Waals surface area contributed by atoms with Crippen molar-refractivity contribution in [2.24, 2.45) is 0 Å². The first kappa shape index (κ1) is 13.7. The van der Waals surface area contributed by atoms with Crippen LogP contribution in [0.15, 0.2) is 24.5 Å². The summed E-state index contributed by atoms with van der Waals surface area (Å²) in [6, 6.07) is 3.36. The van der Waals surface area contributed by atoms with Gasteiger partial charge in [0.1, 0.15) is 6.04 Å². The lowest BCUT2D eigenvalue weighted by Crippen LogP contribution is -2.37. The molecule has 1 fully saturated rings. The van der Waals surface area contributed by atoms with Gasteiger partial charge >= 0.3 is 0 Å². The highest BCUT2D eigenvalue weighted by Crippen LogP contribution is 2.32. The maximum absolute atomic E-state index is 12.0. The predicted molar refractivity (Wildman–Crippen MR) is 79.9 cm³/mol. The number of thiazole rings is 1. The molecule has 0 spiro atoms. The summed E-state index contributed by atoms with van der Waals surface area (Å²) in [4.78, 5) is 32.6. The van der Waals surface area contributed by atoms with Gasteiger partial charge in [-0.15, -0.1) is 0 Å². The van der Waals surface area contributed by atoms with Crippen LogP contribution in [0, 0.1) is 6.92 Å². The van der Waals surface area contributed by atoms with E-state index in [4.69, 9.17) is 0 Å². The lowest BCUT2D eigenvalue weighted by molar-refractivity contribution is -0.122. The van der Waals surface area contributed by atoms with E-state index < -0.39 is 6.04 Å². The van der Waals surface area contributed by atoms with Gasteiger partial charge in [-0.05, 0) is 31.0 Å². The maximum Gasteiger partial charge on any atom is 0.248 e. The van der Waals surface area contributed by atoms with Crippen molar-refractivity contribution in [3.8, 4) is 10.4 Å². The van der Waals surface area contributed by atoms with E-state index in [1.54, 1.807) is 12.4 Å². The number of carbonyl (C=O) groups is 2. The predicted octanol–water partition coefficient (Wildman–Crippen LogP) is 1.73. The van der Waals surface area contributed by atoms with Gasteiger partial charge < -0.3 is 10.6 Å². The molecule has 0 aliphatic carbocycles. The molecular formula is C14H14N4O2S. The fraction of sp³-hybridized carbons (Fsp3) is 0.286. The Kier molecular flexibility index (Phi) is 3.66. The number of rotatable bonds is 3. The average Bonchev–Trinajstić information content (AvgIpc) is 3.06. The van der Waals surface area contributed by atoms with Crippen LogP contribution in [0.3, 0.4) is 0 Å². The number of nitrogens with zero attached hydrogens (tertiary/aromatic N) is 2. The number of aryl methyl sites for hydroxylation is 1. The van der Waals surface area contributed by atoms with E-state index in [1.807, 2.05) is 19.1 Å². The largest absolute Gasteiger partial charge is 0.344 e. The van der Waals surface area contributed by atoms with E-state index in [0.29, 0.717) is 18.0 Å². The first-order chi connectivity index (χ1) is 10.1. The minimum absolute atomic E-state index is 0.0806. The molecule has 1 aliphatic heterocycles. The molecule has 7 heteroatoms. The molecule has 2 aromatic heterocycles. The van der Waals surface area contributed by atoms with E-state index in [1.165, 1.54) is 11.3 Å². The highest BCUT2D eigenvalue weighted by Gasteiger charge is 2.27. The lowest BCUT2D eigenvalue weighted by Gasteiger charge is -2.08. The molecule has 6 nitrogen and oxygen atoms in total. The van der Waals surface area contributed by atoms with Crippen molar-refractivity contribution in [3.05, 3.63) is 30.2 Å². The third kappa shape index (κ3) is 2.92. The summed E-state index contributed by atoms with van der Waals surface area (Å²) in [5, 5.41) is 5.96. The molecule has 2 amide bonds. The smallest absolute Gasteiger partial charge is 0.248 e. The molecule has 2 N–H and O–H groups in total. The van der Waals surface area contributed by atoms with Crippen molar-refractivity contribution >= 4 is 28.3 Å². The normalized spacial score (nSPS) is 17.6.